The monoisotopic (exact) mass is 384 g/mol. The second kappa shape index (κ2) is 8.21. The first-order chi connectivity index (χ1) is 10.4. The number of ether oxygens (including phenoxy) is 1. The molecule has 2 aromatic rings. The van der Waals surface area contributed by atoms with Gasteiger partial charge in [0.2, 0.25) is 0 Å². The van der Waals surface area contributed by atoms with Gasteiger partial charge in [0.05, 0.1) is 5.56 Å². The number of benzene rings is 2. The predicted octanol–water partition coefficient (Wildman–Crippen LogP) is 5.23. The molecule has 0 amide bonds. The molecule has 0 aliphatic heterocycles. The molecule has 3 heteroatoms. The minimum absolute atomic E-state index is 0. The summed E-state index contributed by atoms with van der Waals surface area (Å²) in [6.07, 6.45) is 0. The molecule has 0 atom stereocenters. The van der Waals surface area contributed by atoms with Crippen molar-refractivity contribution >= 4 is 5.97 Å². The summed E-state index contributed by atoms with van der Waals surface area (Å²) in [5.41, 5.74) is 9.04. The Morgan fingerprint density at radius 3 is 1.91 bits per heavy atom. The van der Waals surface area contributed by atoms with Crippen molar-refractivity contribution in [3.8, 4) is 11.1 Å². The van der Waals surface area contributed by atoms with Crippen LogP contribution in [0.15, 0.2) is 24.3 Å². The second-order valence-electron chi connectivity index (χ2n) is 5.73. The van der Waals surface area contributed by atoms with Crippen LogP contribution in [-0.4, -0.2) is 5.97 Å². The Bertz CT molecular complexity index is 733. The van der Waals surface area contributed by atoms with Crippen LogP contribution in [-0.2, 0) is 37.4 Å². The second-order valence-corrected chi connectivity index (χ2v) is 5.73. The summed E-state index contributed by atoms with van der Waals surface area (Å²) in [5, 5.41) is 0. The number of carbonyl (C=O) groups is 1. The number of carbonyl (C=O) groups excluding carboxylic acids is 1. The summed E-state index contributed by atoms with van der Waals surface area (Å²) < 4.78 is 5.00. The van der Waals surface area contributed by atoms with Crippen molar-refractivity contribution in [2.45, 2.75) is 41.5 Å². The average molecular weight is 384 g/mol. The molecule has 0 heterocycles. The number of esters is 1. The van der Waals surface area contributed by atoms with E-state index in [1.54, 1.807) is 6.92 Å². The molecule has 0 fully saturated rings. The Morgan fingerprint density at radius 1 is 0.826 bits per heavy atom. The molecule has 23 heavy (non-hydrogen) atoms. The van der Waals surface area contributed by atoms with E-state index in [4.69, 9.17) is 4.74 Å². The van der Waals surface area contributed by atoms with Crippen molar-refractivity contribution in [1.29, 1.82) is 0 Å². The van der Waals surface area contributed by atoms with Crippen LogP contribution >= 0.6 is 0 Å². The molecule has 1 radical (unpaired) electrons. The Hall–Kier alpha value is -0.986. The van der Waals surface area contributed by atoms with Gasteiger partial charge in [-0.15, -0.1) is 0 Å². The number of aryl methyl sites for hydroxylation is 1. The van der Waals surface area contributed by atoms with Crippen LogP contribution < -0.4 is 0 Å². The fourth-order valence-electron chi connectivity index (χ4n) is 2.75. The van der Waals surface area contributed by atoms with Crippen molar-refractivity contribution in [3.63, 3.8) is 0 Å². The van der Waals surface area contributed by atoms with E-state index in [0.29, 0.717) is 5.56 Å². The molecule has 0 saturated heterocycles. The maximum absolute atomic E-state index is 12.0. The molecule has 0 aliphatic carbocycles. The molecular weight excluding hydrogens is 361 g/mol. The molecule has 0 aliphatic rings. The smallest absolute Gasteiger partial charge is 0.306 e. The molecular formula is C20H23O2Y-. The third kappa shape index (κ3) is 3.92. The van der Waals surface area contributed by atoms with E-state index in [2.05, 4.69) is 39.8 Å². The van der Waals surface area contributed by atoms with Gasteiger partial charge in [0, 0.05) is 32.7 Å². The first kappa shape index (κ1) is 20.1. The Balaban J connectivity index is 0.00000264. The van der Waals surface area contributed by atoms with Crippen LogP contribution in [0.5, 0.6) is 0 Å². The van der Waals surface area contributed by atoms with Crippen LogP contribution in [0.25, 0.3) is 11.1 Å². The standard InChI is InChI=1S/C20H23O2.Y/c1-7-22-20(21)19-11-10-18(15(5)16(19)6)17-9-8-12(2)13(3)14(17)4;/h7-11H,1-6H3;/q-1;. The summed E-state index contributed by atoms with van der Waals surface area (Å²) in [6, 6.07) is 8.20. The van der Waals surface area contributed by atoms with E-state index >= 15 is 0 Å². The zero-order valence-corrected chi connectivity index (χ0v) is 17.6. The summed E-state index contributed by atoms with van der Waals surface area (Å²) >= 11 is 0. The summed E-state index contributed by atoms with van der Waals surface area (Å²) in [4.78, 5) is 12.0. The van der Waals surface area contributed by atoms with Gasteiger partial charge >= 0.3 is 5.97 Å². The van der Waals surface area contributed by atoms with Crippen molar-refractivity contribution in [1.82, 2.24) is 0 Å². The average Bonchev–Trinajstić information content (AvgIpc) is 2.49. The van der Waals surface area contributed by atoms with Gasteiger partial charge in [-0.3, -0.25) is 0 Å². The van der Waals surface area contributed by atoms with Crippen LogP contribution in [0.4, 0.5) is 0 Å². The molecule has 0 saturated carbocycles. The Morgan fingerprint density at radius 2 is 1.35 bits per heavy atom. The van der Waals surface area contributed by atoms with Crippen LogP contribution in [0, 0.1) is 41.2 Å². The van der Waals surface area contributed by atoms with Gasteiger partial charge in [-0.1, -0.05) is 18.2 Å². The van der Waals surface area contributed by atoms with E-state index in [1.165, 1.54) is 34.4 Å². The van der Waals surface area contributed by atoms with Crippen LogP contribution in [0.1, 0.15) is 45.1 Å². The van der Waals surface area contributed by atoms with Crippen molar-refractivity contribution in [3.05, 3.63) is 64.3 Å². The molecule has 0 spiro atoms. The molecule has 0 bridgehead atoms. The number of hydrogen-bond acceptors (Lipinski definition) is 2. The van der Waals surface area contributed by atoms with Gasteiger partial charge in [0.15, 0.2) is 0 Å². The Kier molecular flexibility index (Phi) is 7.16. The summed E-state index contributed by atoms with van der Waals surface area (Å²) in [5.74, 6) is -0.300. The third-order valence-corrected chi connectivity index (χ3v) is 4.58. The molecule has 2 aromatic carbocycles. The minimum Gasteiger partial charge on any atom is -0.634 e. The fraction of sp³-hybridized carbons (Fsp3) is 0.300. The zero-order chi connectivity index (χ0) is 16.4. The molecule has 2 rings (SSSR count). The zero-order valence-electron chi connectivity index (χ0n) is 14.8. The maximum atomic E-state index is 12.0. The largest absolute Gasteiger partial charge is 0.634 e. The molecule has 0 aromatic heterocycles. The van der Waals surface area contributed by atoms with Gasteiger partial charge < -0.3 is 4.74 Å². The van der Waals surface area contributed by atoms with E-state index in [9.17, 15) is 4.79 Å². The van der Waals surface area contributed by atoms with Crippen molar-refractivity contribution in [2.75, 3.05) is 0 Å². The first-order valence-corrected chi connectivity index (χ1v) is 7.54. The maximum Gasteiger partial charge on any atom is 0.306 e. The number of hydrogen-bond donors (Lipinski definition) is 0. The van der Waals surface area contributed by atoms with E-state index in [-0.39, 0.29) is 38.7 Å². The number of rotatable bonds is 3. The van der Waals surface area contributed by atoms with Gasteiger partial charge in [-0.2, -0.15) is 13.5 Å². The third-order valence-electron chi connectivity index (χ3n) is 4.58. The van der Waals surface area contributed by atoms with Gasteiger partial charge in [-0.05, 0) is 79.6 Å². The molecule has 119 valence electrons. The van der Waals surface area contributed by atoms with Gasteiger partial charge in [-0.25, -0.2) is 4.79 Å². The van der Waals surface area contributed by atoms with Gasteiger partial charge in [0.1, 0.15) is 0 Å². The Labute approximate surface area is 164 Å². The first-order valence-electron chi connectivity index (χ1n) is 7.54. The topological polar surface area (TPSA) is 26.3 Å². The van der Waals surface area contributed by atoms with E-state index < -0.39 is 0 Å². The van der Waals surface area contributed by atoms with E-state index in [0.717, 1.165) is 11.1 Å². The van der Waals surface area contributed by atoms with Crippen molar-refractivity contribution in [2.24, 2.45) is 0 Å². The quantitative estimate of drug-likeness (QED) is 0.535. The summed E-state index contributed by atoms with van der Waals surface area (Å²) in [7, 11) is 0. The minimum atomic E-state index is -0.300. The SMILES string of the molecule is C[CH-]OC(=O)c1ccc(-c2ccc(C)c(C)c2C)c(C)c1C.[Y]. The van der Waals surface area contributed by atoms with Gasteiger partial charge in [0.25, 0.3) is 0 Å². The normalized spacial score (nSPS) is 10.2. The molecule has 2 nitrogen and oxygen atoms in total. The molecule has 0 N–H and O–H groups in total. The van der Waals surface area contributed by atoms with Crippen LogP contribution in [0.3, 0.4) is 0 Å². The summed E-state index contributed by atoms with van der Waals surface area (Å²) in [6.45, 7) is 13.6. The van der Waals surface area contributed by atoms with E-state index in [1.807, 2.05) is 19.1 Å². The van der Waals surface area contributed by atoms with Crippen LogP contribution in [0.2, 0.25) is 0 Å². The predicted molar refractivity (Wildman–Crippen MR) is 91.0 cm³/mol. The fourth-order valence-corrected chi connectivity index (χ4v) is 2.75. The molecule has 0 unspecified atom stereocenters. The van der Waals surface area contributed by atoms with Crippen molar-refractivity contribution < 1.29 is 42.2 Å².